The lowest BCUT2D eigenvalue weighted by molar-refractivity contribution is -0.454. The van der Waals surface area contributed by atoms with E-state index in [4.69, 9.17) is 28.4 Å². The largest absolute Gasteiger partial charge is 0.457 e. The Morgan fingerprint density at radius 3 is 0.902 bits per heavy atom. The number of benzene rings is 6. The second kappa shape index (κ2) is 29.1. The summed E-state index contributed by atoms with van der Waals surface area (Å²) in [4.78, 5) is 43.2. The highest BCUT2D eigenvalue weighted by atomic mass is 32.2. The van der Waals surface area contributed by atoms with E-state index in [1.54, 1.807) is 0 Å². The van der Waals surface area contributed by atoms with Gasteiger partial charge in [0.2, 0.25) is 5.41 Å². The first kappa shape index (κ1) is 76.6. The summed E-state index contributed by atoms with van der Waals surface area (Å²) in [5.41, 5.74) is 1.65. The molecular weight excluding hydrogens is 1390 g/mol. The Morgan fingerprint density at radius 1 is 0.392 bits per heavy atom. The predicted molar refractivity (Wildman–Crippen MR) is 357 cm³/mol. The van der Waals surface area contributed by atoms with Crippen molar-refractivity contribution in [1.82, 2.24) is 0 Å². The Kier molecular flexibility index (Phi) is 21.8. The third-order valence-corrected chi connectivity index (χ3v) is 25.4. The molecule has 10 nitrogen and oxygen atoms in total. The topological polar surface area (TPSA) is 116 Å². The summed E-state index contributed by atoms with van der Waals surface area (Å²) in [5.74, 6) is -19.0. The van der Waals surface area contributed by atoms with Crippen LogP contribution in [0, 0.1) is 82.5 Å². The number of alkyl halides is 12. The monoisotopic (exact) mass is 1470 g/mol. The molecule has 6 aromatic carbocycles. The van der Waals surface area contributed by atoms with Crippen LogP contribution in [0.1, 0.15) is 111 Å². The highest BCUT2D eigenvalue weighted by Crippen LogP contribution is 2.67. The second-order valence-corrected chi connectivity index (χ2v) is 33.3. The zero-order chi connectivity index (χ0) is 73.8. The summed E-state index contributed by atoms with van der Waals surface area (Å²) in [6.07, 6.45) is -7.30. The van der Waals surface area contributed by atoms with E-state index in [2.05, 4.69) is 192 Å². The molecular formula is C78H84F12O10S2+2. The van der Waals surface area contributed by atoms with E-state index in [0.29, 0.717) is 52.4 Å². The van der Waals surface area contributed by atoms with Gasteiger partial charge >= 0.3 is 42.1 Å². The van der Waals surface area contributed by atoms with Crippen LogP contribution >= 0.6 is 0 Å². The zero-order valence-electron chi connectivity index (χ0n) is 57.9. The molecule has 0 radical (unpaired) electrons. The van der Waals surface area contributed by atoms with E-state index < -0.39 is 121 Å². The molecule has 550 valence electrons. The molecule has 24 heteroatoms. The fourth-order valence-electron chi connectivity index (χ4n) is 16.1. The lowest BCUT2D eigenvalue weighted by Gasteiger charge is -2.65. The van der Waals surface area contributed by atoms with Crippen molar-refractivity contribution in [2.45, 2.75) is 202 Å². The molecule has 0 amide bonds. The van der Waals surface area contributed by atoms with Crippen molar-refractivity contribution >= 4 is 39.7 Å². The fourth-order valence-corrected chi connectivity index (χ4v) is 20.2. The van der Waals surface area contributed by atoms with Gasteiger partial charge in [-0.1, -0.05) is 106 Å². The number of hydrogen-bond donors (Lipinski definition) is 0. The number of esters is 3. The lowest BCUT2D eigenvalue weighted by atomic mass is 9.51. The average molecular weight is 1470 g/mol. The van der Waals surface area contributed by atoms with E-state index in [9.17, 15) is 67.1 Å². The molecule has 0 N–H and O–H groups in total. The van der Waals surface area contributed by atoms with Gasteiger partial charge in [0.15, 0.2) is 47.6 Å². The first-order chi connectivity index (χ1) is 47.7. The van der Waals surface area contributed by atoms with Crippen LogP contribution in [0.2, 0.25) is 0 Å². The Labute approximate surface area is 591 Å². The Morgan fingerprint density at radius 2 is 0.647 bits per heavy atom. The Bertz CT molecular complexity index is 3490. The Hall–Kier alpha value is -6.57. The van der Waals surface area contributed by atoms with Gasteiger partial charge in [0.25, 0.3) is 5.92 Å². The molecule has 10 aliphatic rings. The number of carbonyl (C=O) groups is 3. The fraction of sp³-hybridized carbons (Fsp3) is 0.500. The van der Waals surface area contributed by atoms with Crippen LogP contribution in [0.15, 0.2) is 175 Å². The smallest absolute Gasteiger partial charge is 0.407 e. The van der Waals surface area contributed by atoms with Crippen LogP contribution in [-0.4, -0.2) is 104 Å². The van der Waals surface area contributed by atoms with Gasteiger partial charge in [-0.25, -0.2) is 23.2 Å². The molecule has 2 saturated heterocycles. The molecule has 2 aliphatic heterocycles. The first-order valence-corrected chi connectivity index (χ1v) is 36.5. The van der Waals surface area contributed by atoms with Gasteiger partial charge in [-0.15, -0.1) is 0 Å². The minimum Gasteiger partial charge on any atom is -0.457 e. The van der Waals surface area contributed by atoms with Gasteiger partial charge < -0.3 is 33.2 Å². The quantitative estimate of drug-likeness (QED) is 0.0508. The molecule has 10 fully saturated rings. The van der Waals surface area contributed by atoms with E-state index in [0.717, 1.165) is 12.8 Å². The van der Waals surface area contributed by atoms with Crippen molar-refractivity contribution in [3.63, 3.8) is 0 Å². The number of halogens is 12. The van der Waals surface area contributed by atoms with Crippen LogP contribution < -0.4 is 0 Å². The third kappa shape index (κ3) is 16.4. The maximum atomic E-state index is 13.5. The number of ether oxygens (including phenoxy) is 7. The maximum absolute atomic E-state index is 13.5. The van der Waals surface area contributed by atoms with Crippen molar-refractivity contribution in [2.75, 3.05) is 33.0 Å². The molecule has 102 heavy (non-hydrogen) atoms. The summed E-state index contributed by atoms with van der Waals surface area (Å²) in [6, 6.07) is 53.6. The summed E-state index contributed by atoms with van der Waals surface area (Å²) in [6.45, 7) is 8.07. The Balaban J connectivity index is 0.000000138. The summed E-state index contributed by atoms with van der Waals surface area (Å²) in [7, 11) is -0.0789. The number of hydrogen-bond acceptors (Lipinski definition) is 10. The lowest BCUT2D eigenvalue weighted by Crippen LogP contribution is -2.71. The number of rotatable bonds is 12. The van der Waals surface area contributed by atoms with Crippen LogP contribution in [0.3, 0.4) is 0 Å². The molecule has 8 saturated carbocycles. The maximum Gasteiger partial charge on any atom is 0.407 e. The molecule has 4 unspecified atom stereocenters. The second-order valence-electron chi connectivity index (χ2n) is 29.3. The highest BCUT2D eigenvalue weighted by molar-refractivity contribution is 7.97. The molecule has 16 rings (SSSR count). The van der Waals surface area contributed by atoms with Gasteiger partial charge in [0.1, 0.15) is 24.4 Å². The molecule has 8 aliphatic carbocycles. The normalized spacial score (nSPS) is 26.1. The van der Waals surface area contributed by atoms with Gasteiger partial charge in [0, 0.05) is 37.5 Å². The van der Waals surface area contributed by atoms with Gasteiger partial charge in [0.05, 0.1) is 35.0 Å². The highest BCUT2D eigenvalue weighted by Gasteiger charge is 2.77. The van der Waals surface area contributed by atoms with Crippen molar-refractivity contribution in [2.24, 2.45) is 40.9 Å². The van der Waals surface area contributed by atoms with Crippen molar-refractivity contribution < 1.29 is 100 Å². The van der Waals surface area contributed by atoms with Gasteiger partial charge in [-0.3, -0.25) is 0 Å². The first-order valence-electron chi connectivity index (χ1n) is 34.1. The van der Waals surface area contributed by atoms with Crippen molar-refractivity contribution in [3.8, 4) is 0 Å². The molecule has 6 aromatic rings. The summed E-state index contributed by atoms with van der Waals surface area (Å²) < 4.78 is 196. The minimum atomic E-state index is -5.62. The van der Waals surface area contributed by atoms with Gasteiger partial charge in [-0.2, -0.15) is 43.9 Å². The molecule has 2 heterocycles. The zero-order valence-corrected chi connectivity index (χ0v) is 59.5. The van der Waals surface area contributed by atoms with Crippen LogP contribution in [-0.2, 0) is 69.3 Å². The minimum absolute atomic E-state index is 0.00709. The van der Waals surface area contributed by atoms with Gasteiger partial charge in [-0.05, 0) is 190 Å². The molecule has 4 atom stereocenters. The van der Waals surface area contributed by atoms with E-state index in [1.165, 1.54) is 62.8 Å². The predicted octanol–water partition coefficient (Wildman–Crippen LogP) is 18.7. The standard InChI is InChI=1S/2C21H21S.C18H20F8O4.C18H22F4O6/c2*1-16-4-10-19(11-5-16)22(20-12-6-17(2)7-13-20)21-14-8-18(3)9-15-21;1-13(19,20)12(27)30-14-4-9-2-10(5-14)16(11(3-9)6-14)28-7-15(8-29-16,17(21,22)23)18(24,25)26;1-15(19,20)14(24)25-7-13(23)28-16-4-10-2-11(5-16)18(12(3-10)6-16)26-8-17(21,22)9-27-18/h2*4-15H,1-3H3;9-11H,2-8H2,1H3;10-12H,2-9H2,1H3/q2*+1;;. The van der Waals surface area contributed by atoms with Crippen molar-refractivity contribution in [3.05, 3.63) is 179 Å². The van der Waals surface area contributed by atoms with Crippen LogP contribution in [0.25, 0.3) is 0 Å². The summed E-state index contributed by atoms with van der Waals surface area (Å²) >= 11 is 0. The van der Waals surface area contributed by atoms with Crippen molar-refractivity contribution in [1.29, 1.82) is 0 Å². The number of aryl methyl sites for hydroxylation is 6. The molecule has 0 aromatic heterocycles. The van der Waals surface area contributed by atoms with Crippen LogP contribution in [0.5, 0.6) is 0 Å². The van der Waals surface area contributed by atoms with E-state index in [-0.39, 0.29) is 58.3 Å². The third-order valence-electron chi connectivity index (χ3n) is 21.0. The molecule has 2 spiro atoms. The van der Waals surface area contributed by atoms with E-state index in [1.807, 2.05) is 0 Å². The number of carbonyl (C=O) groups excluding carboxylic acids is 3. The van der Waals surface area contributed by atoms with E-state index >= 15 is 0 Å². The molecule has 8 bridgehead atoms. The summed E-state index contributed by atoms with van der Waals surface area (Å²) in [5, 5.41) is 0. The average Bonchev–Trinajstić information content (AvgIpc) is 0.705. The van der Waals surface area contributed by atoms with Crippen LogP contribution in [0.4, 0.5) is 52.7 Å². The SMILES string of the molecule is CC(F)(F)C(=O)OC12CC3CC(C1)C1(OCC(C(F)(F)F)(C(F)(F)F)CO1)C(C3)C2.CC(F)(F)C(=O)OCC(=O)OC12CC3CC(C1)C1(OCC(F)(F)CO1)C(C3)C2.Cc1ccc([S+](c2ccc(C)cc2)c2ccc(C)cc2)cc1.Cc1ccc([S+](c2ccc(C)cc2)c2ccc(C)cc2)cc1.